The van der Waals surface area contributed by atoms with Crippen LogP contribution in [-0.2, 0) is 16.6 Å². The molecule has 0 radical (unpaired) electrons. The molecule has 0 saturated heterocycles. The molecule has 3 aromatic rings. The first kappa shape index (κ1) is 22.9. The second-order valence-corrected chi connectivity index (χ2v) is 8.91. The molecule has 0 aliphatic heterocycles. The molecule has 0 aliphatic carbocycles. The van der Waals surface area contributed by atoms with E-state index in [1.807, 2.05) is 57.2 Å². The molecule has 0 fully saturated rings. The van der Waals surface area contributed by atoms with Crippen molar-refractivity contribution < 1.29 is 17.7 Å². The van der Waals surface area contributed by atoms with Crippen LogP contribution in [0.5, 0.6) is 5.75 Å². The first-order valence-corrected chi connectivity index (χ1v) is 11.6. The van der Waals surface area contributed by atoms with Crippen LogP contribution in [0.3, 0.4) is 0 Å². The van der Waals surface area contributed by atoms with Gasteiger partial charge in [-0.15, -0.1) is 0 Å². The van der Waals surface area contributed by atoms with Gasteiger partial charge in [0.15, 0.2) is 0 Å². The van der Waals surface area contributed by atoms with Crippen molar-refractivity contribution in [2.45, 2.75) is 38.3 Å². The maximum absolute atomic E-state index is 12.6. The highest BCUT2D eigenvalue weighted by Gasteiger charge is 2.21. The van der Waals surface area contributed by atoms with Crippen molar-refractivity contribution in [1.82, 2.24) is 19.8 Å². The number of ether oxygens (including phenoxy) is 1. The monoisotopic (exact) mass is 444 g/mol. The van der Waals surface area contributed by atoms with E-state index in [1.165, 1.54) is 4.31 Å². The second kappa shape index (κ2) is 10.0. The fraction of sp³-hybridized carbons (Fsp3) is 0.364. The SMILES string of the molecule is CCN(CC)S(=O)(=O)c1ccc([C@H](C)NCc2nc(-c3ccccc3OC)no2)cc1. The van der Waals surface area contributed by atoms with E-state index in [1.54, 1.807) is 19.2 Å². The lowest BCUT2D eigenvalue weighted by Gasteiger charge is -2.19. The van der Waals surface area contributed by atoms with Gasteiger partial charge in [-0.2, -0.15) is 9.29 Å². The molecule has 3 rings (SSSR count). The summed E-state index contributed by atoms with van der Waals surface area (Å²) in [4.78, 5) is 4.73. The number of rotatable bonds is 10. The zero-order valence-electron chi connectivity index (χ0n) is 18.2. The summed E-state index contributed by atoms with van der Waals surface area (Å²) in [6.07, 6.45) is 0. The minimum absolute atomic E-state index is 0.0354. The van der Waals surface area contributed by atoms with Crippen LogP contribution in [0.1, 0.15) is 38.3 Å². The Morgan fingerprint density at radius 3 is 2.42 bits per heavy atom. The molecule has 1 heterocycles. The summed E-state index contributed by atoms with van der Waals surface area (Å²) in [7, 11) is -1.86. The van der Waals surface area contributed by atoms with Gasteiger partial charge in [-0.3, -0.25) is 0 Å². The van der Waals surface area contributed by atoms with E-state index in [0.29, 0.717) is 42.0 Å². The number of hydrogen-bond acceptors (Lipinski definition) is 7. The van der Waals surface area contributed by atoms with E-state index < -0.39 is 10.0 Å². The molecule has 0 bridgehead atoms. The zero-order valence-corrected chi connectivity index (χ0v) is 19.0. The molecule has 1 aromatic heterocycles. The molecule has 0 saturated carbocycles. The predicted octanol–water partition coefficient (Wildman–Crippen LogP) is 3.63. The van der Waals surface area contributed by atoms with Crippen molar-refractivity contribution in [3.63, 3.8) is 0 Å². The third-order valence-corrected chi connectivity index (χ3v) is 7.16. The van der Waals surface area contributed by atoms with E-state index in [-0.39, 0.29) is 6.04 Å². The van der Waals surface area contributed by atoms with Gasteiger partial charge in [0.2, 0.25) is 21.7 Å². The van der Waals surface area contributed by atoms with Gasteiger partial charge < -0.3 is 14.6 Å². The Balaban J connectivity index is 1.65. The third-order valence-electron chi connectivity index (χ3n) is 5.10. The van der Waals surface area contributed by atoms with Crippen molar-refractivity contribution in [2.75, 3.05) is 20.2 Å². The number of benzene rings is 2. The molecule has 0 amide bonds. The Morgan fingerprint density at radius 2 is 1.77 bits per heavy atom. The topological polar surface area (TPSA) is 97.6 Å². The summed E-state index contributed by atoms with van der Waals surface area (Å²) >= 11 is 0. The Kier molecular flexibility index (Phi) is 7.42. The lowest BCUT2D eigenvalue weighted by molar-refractivity contribution is 0.360. The first-order chi connectivity index (χ1) is 14.9. The first-order valence-electron chi connectivity index (χ1n) is 10.2. The van der Waals surface area contributed by atoms with Gasteiger partial charge in [0.05, 0.1) is 24.1 Å². The molecule has 0 aliphatic rings. The van der Waals surface area contributed by atoms with Crippen LogP contribution in [0.4, 0.5) is 0 Å². The van der Waals surface area contributed by atoms with Crippen LogP contribution in [-0.4, -0.2) is 43.1 Å². The predicted molar refractivity (Wildman–Crippen MR) is 118 cm³/mol. The number of nitrogens with zero attached hydrogens (tertiary/aromatic N) is 3. The average molecular weight is 445 g/mol. The van der Waals surface area contributed by atoms with Crippen LogP contribution < -0.4 is 10.1 Å². The Hall–Kier alpha value is -2.75. The maximum Gasteiger partial charge on any atom is 0.243 e. The number of para-hydroxylation sites is 1. The summed E-state index contributed by atoms with van der Waals surface area (Å²) < 4.78 is 37.4. The van der Waals surface area contributed by atoms with Gasteiger partial charge in [0, 0.05) is 19.1 Å². The van der Waals surface area contributed by atoms with E-state index in [2.05, 4.69) is 15.5 Å². The van der Waals surface area contributed by atoms with E-state index in [0.717, 1.165) is 11.1 Å². The minimum atomic E-state index is -3.46. The molecule has 1 N–H and O–H groups in total. The van der Waals surface area contributed by atoms with Crippen LogP contribution in [0.2, 0.25) is 0 Å². The van der Waals surface area contributed by atoms with Gasteiger partial charge in [0.1, 0.15) is 5.75 Å². The Bertz CT molecular complexity index is 1090. The summed E-state index contributed by atoms with van der Waals surface area (Å²) in [5, 5.41) is 7.36. The third kappa shape index (κ3) is 5.12. The van der Waals surface area contributed by atoms with Gasteiger partial charge in [-0.05, 0) is 36.8 Å². The molecule has 2 aromatic carbocycles. The van der Waals surface area contributed by atoms with Crippen LogP contribution in [0.25, 0.3) is 11.4 Å². The van der Waals surface area contributed by atoms with Crippen molar-refractivity contribution >= 4 is 10.0 Å². The van der Waals surface area contributed by atoms with Crippen molar-refractivity contribution in [2.24, 2.45) is 0 Å². The molecule has 8 nitrogen and oxygen atoms in total. The van der Waals surface area contributed by atoms with Gasteiger partial charge in [-0.25, -0.2) is 8.42 Å². The lowest BCUT2D eigenvalue weighted by atomic mass is 10.1. The Labute approximate surface area is 183 Å². The fourth-order valence-electron chi connectivity index (χ4n) is 3.26. The van der Waals surface area contributed by atoms with E-state index >= 15 is 0 Å². The van der Waals surface area contributed by atoms with Crippen LogP contribution in [0, 0.1) is 0 Å². The highest BCUT2D eigenvalue weighted by Crippen LogP contribution is 2.27. The standard InChI is InChI=1S/C22H28N4O4S/c1-5-26(6-2)31(27,28)18-13-11-17(12-14-18)16(3)23-15-21-24-22(25-30-21)19-9-7-8-10-20(19)29-4/h7-14,16,23H,5-6,15H2,1-4H3/t16-/m0/s1. The molecule has 0 unspecified atom stereocenters. The highest BCUT2D eigenvalue weighted by molar-refractivity contribution is 7.89. The molecule has 1 atom stereocenters. The normalized spacial score (nSPS) is 12.8. The number of sulfonamides is 1. The maximum atomic E-state index is 12.6. The number of nitrogens with one attached hydrogen (secondary N) is 1. The number of methoxy groups -OCH3 is 1. The number of aromatic nitrogens is 2. The largest absolute Gasteiger partial charge is 0.496 e. The van der Waals surface area contributed by atoms with E-state index in [9.17, 15) is 8.42 Å². The summed E-state index contributed by atoms with van der Waals surface area (Å²) in [5.41, 5.74) is 1.72. The lowest BCUT2D eigenvalue weighted by Crippen LogP contribution is -2.30. The summed E-state index contributed by atoms with van der Waals surface area (Å²) in [6, 6.07) is 14.4. The highest BCUT2D eigenvalue weighted by atomic mass is 32.2. The molecular weight excluding hydrogens is 416 g/mol. The summed E-state index contributed by atoms with van der Waals surface area (Å²) in [6.45, 7) is 6.92. The zero-order chi connectivity index (χ0) is 22.4. The smallest absolute Gasteiger partial charge is 0.243 e. The van der Waals surface area contributed by atoms with Crippen LogP contribution >= 0.6 is 0 Å². The molecule has 9 heteroatoms. The van der Waals surface area contributed by atoms with Gasteiger partial charge >= 0.3 is 0 Å². The molecule has 166 valence electrons. The Morgan fingerprint density at radius 1 is 1.10 bits per heavy atom. The van der Waals surface area contributed by atoms with Crippen molar-refractivity contribution in [1.29, 1.82) is 0 Å². The minimum Gasteiger partial charge on any atom is -0.496 e. The molecule has 31 heavy (non-hydrogen) atoms. The molecule has 0 spiro atoms. The van der Waals surface area contributed by atoms with Gasteiger partial charge in [-0.1, -0.05) is 43.3 Å². The van der Waals surface area contributed by atoms with Crippen molar-refractivity contribution in [3.05, 3.63) is 60.0 Å². The van der Waals surface area contributed by atoms with E-state index in [4.69, 9.17) is 9.26 Å². The van der Waals surface area contributed by atoms with Crippen molar-refractivity contribution in [3.8, 4) is 17.1 Å². The summed E-state index contributed by atoms with van der Waals surface area (Å²) in [5.74, 6) is 1.59. The fourth-order valence-corrected chi connectivity index (χ4v) is 4.72. The number of hydrogen-bond donors (Lipinski definition) is 1. The van der Waals surface area contributed by atoms with Gasteiger partial charge in [0.25, 0.3) is 0 Å². The van der Waals surface area contributed by atoms with Crippen LogP contribution in [0.15, 0.2) is 57.9 Å². The quantitative estimate of drug-likeness (QED) is 0.510. The average Bonchev–Trinajstić information content (AvgIpc) is 3.27. The molecular formula is C22H28N4O4S. The second-order valence-electron chi connectivity index (χ2n) is 6.97.